The molecule has 4 aromatic rings. The molecule has 1 N–H and O–H groups in total. The van der Waals surface area contributed by atoms with Crippen LogP contribution in [0.25, 0.3) is 10.9 Å². The van der Waals surface area contributed by atoms with Crippen molar-refractivity contribution in [3.63, 3.8) is 0 Å². The van der Waals surface area contributed by atoms with Crippen LogP contribution < -0.4 is 20.3 Å². The maximum atomic E-state index is 13.0. The molecule has 4 rings (SSSR count). The maximum Gasteiger partial charge on any atom is 0.282 e. The Bertz CT molecular complexity index is 1550. The third kappa shape index (κ3) is 6.36. The highest BCUT2D eigenvalue weighted by molar-refractivity contribution is 9.10. The van der Waals surface area contributed by atoms with Crippen molar-refractivity contribution in [1.82, 2.24) is 9.66 Å². The average molecular weight is 584 g/mol. The fourth-order valence-corrected chi connectivity index (χ4v) is 4.19. The summed E-state index contributed by atoms with van der Waals surface area (Å²) < 4.78 is 13.4. The highest BCUT2D eigenvalue weighted by Gasteiger charge is 2.15. The minimum atomic E-state index is -0.335. The van der Waals surface area contributed by atoms with E-state index in [1.54, 1.807) is 31.2 Å². The number of hydrogen-bond donors (Lipinski definition) is 1. The van der Waals surface area contributed by atoms with E-state index in [0.29, 0.717) is 40.3 Å². The zero-order valence-corrected chi connectivity index (χ0v) is 22.8. The number of carbonyl (C=O) groups excluding carboxylic acids is 1. The average Bonchev–Trinajstić information content (AvgIpc) is 2.85. The summed E-state index contributed by atoms with van der Waals surface area (Å²) in [4.78, 5) is 29.8. The predicted octanol–water partition coefficient (Wildman–Crippen LogP) is 5.73. The fraction of sp³-hybridized carbons (Fsp3) is 0.185. The molecular weight excluding hydrogens is 560 g/mol. The van der Waals surface area contributed by atoms with Gasteiger partial charge in [0.1, 0.15) is 5.82 Å². The Morgan fingerprint density at radius 3 is 2.62 bits per heavy atom. The molecule has 0 aliphatic rings. The van der Waals surface area contributed by atoms with Gasteiger partial charge in [0.2, 0.25) is 0 Å². The van der Waals surface area contributed by atoms with E-state index in [2.05, 4.69) is 31.3 Å². The van der Waals surface area contributed by atoms with Gasteiger partial charge in [-0.05, 0) is 68.8 Å². The molecule has 1 aromatic heterocycles. The summed E-state index contributed by atoms with van der Waals surface area (Å²) >= 11 is 9.87. The summed E-state index contributed by atoms with van der Waals surface area (Å²) in [6.45, 7) is 5.60. The molecule has 1 heterocycles. The third-order valence-electron chi connectivity index (χ3n) is 5.31. The Kier molecular flexibility index (Phi) is 8.25. The quantitative estimate of drug-likeness (QED) is 0.268. The summed E-state index contributed by atoms with van der Waals surface area (Å²) in [5.74, 6) is 0.694. The highest BCUT2D eigenvalue weighted by atomic mass is 79.9. The van der Waals surface area contributed by atoms with Crippen LogP contribution in [0.2, 0.25) is 5.02 Å². The number of rotatable bonds is 8. The largest absolute Gasteiger partial charge is 0.490 e. The highest BCUT2D eigenvalue weighted by Crippen LogP contribution is 2.36. The Balaban J connectivity index is 1.56. The monoisotopic (exact) mass is 582 g/mol. The van der Waals surface area contributed by atoms with E-state index < -0.39 is 0 Å². The summed E-state index contributed by atoms with van der Waals surface area (Å²) in [6, 6.07) is 16.1. The number of aryl methyl sites for hydroxylation is 2. The van der Waals surface area contributed by atoms with Crippen molar-refractivity contribution in [3.05, 3.63) is 91.4 Å². The van der Waals surface area contributed by atoms with Gasteiger partial charge in [0.15, 0.2) is 18.1 Å². The Morgan fingerprint density at radius 2 is 1.89 bits per heavy atom. The van der Waals surface area contributed by atoms with Crippen molar-refractivity contribution in [2.75, 3.05) is 18.5 Å². The number of nitrogens with zero attached hydrogens (tertiary/aromatic N) is 3. The molecule has 1 amide bonds. The Hall–Kier alpha value is -3.69. The van der Waals surface area contributed by atoms with E-state index in [4.69, 9.17) is 21.1 Å². The molecular formula is C27H24BrClN4O4. The molecule has 8 nitrogen and oxygen atoms in total. The van der Waals surface area contributed by atoms with Crippen LogP contribution in [-0.4, -0.2) is 35.0 Å². The lowest BCUT2D eigenvalue weighted by Crippen LogP contribution is -2.21. The fourth-order valence-electron chi connectivity index (χ4n) is 3.56. The summed E-state index contributed by atoms with van der Waals surface area (Å²) in [6.07, 6.45) is 1.49. The van der Waals surface area contributed by atoms with Crippen LogP contribution in [0.4, 0.5) is 5.69 Å². The Morgan fingerprint density at radius 1 is 1.14 bits per heavy atom. The van der Waals surface area contributed by atoms with E-state index in [-0.39, 0.29) is 28.8 Å². The lowest BCUT2D eigenvalue weighted by Gasteiger charge is -2.14. The van der Waals surface area contributed by atoms with Crippen molar-refractivity contribution in [1.29, 1.82) is 0 Å². The van der Waals surface area contributed by atoms with E-state index in [9.17, 15) is 9.59 Å². The third-order valence-corrected chi connectivity index (χ3v) is 6.08. The van der Waals surface area contributed by atoms with Gasteiger partial charge in [-0.15, -0.1) is 0 Å². The van der Waals surface area contributed by atoms with Crippen molar-refractivity contribution >= 4 is 56.2 Å². The summed E-state index contributed by atoms with van der Waals surface area (Å²) in [7, 11) is 0. The number of hydrogen-bond acceptors (Lipinski definition) is 6. The van der Waals surface area contributed by atoms with Gasteiger partial charge in [-0.2, -0.15) is 9.78 Å². The molecule has 3 aromatic carbocycles. The number of fused-ring (bicyclic) bond motifs is 1. The maximum absolute atomic E-state index is 13.0. The first kappa shape index (κ1) is 26.4. The standard InChI is InChI=1S/C27H24BrClN4O4/c1-4-36-24-12-18(14-30-33-17(3)31-23-10-7-19(28)13-21(23)27(33)35)11-22(29)26(24)37-15-25(34)32-20-8-5-16(2)6-9-20/h5-14H,4,15H2,1-3H3,(H,32,34). The number of anilines is 1. The lowest BCUT2D eigenvalue weighted by atomic mass is 10.2. The second kappa shape index (κ2) is 11.6. The molecule has 0 fully saturated rings. The number of aromatic nitrogens is 2. The van der Waals surface area contributed by atoms with Crippen molar-refractivity contribution in [3.8, 4) is 11.5 Å². The molecule has 10 heteroatoms. The van der Waals surface area contributed by atoms with Gasteiger partial charge in [0, 0.05) is 10.2 Å². The van der Waals surface area contributed by atoms with Gasteiger partial charge >= 0.3 is 0 Å². The minimum Gasteiger partial charge on any atom is -0.490 e. The first-order valence-corrected chi connectivity index (χ1v) is 12.6. The molecule has 0 aliphatic carbocycles. The van der Waals surface area contributed by atoms with Crippen molar-refractivity contribution < 1.29 is 14.3 Å². The van der Waals surface area contributed by atoms with Crippen LogP contribution in [0.5, 0.6) is 11.5 Å². The summed E-state index contributed by atoms with van der Waals surface area (Å²) in [5, 5.41) is 7.79. The lowest BCUT2D eigenvalue weighted by molar-refractivity contribution is -0.118. The second-order valence-electron chi connectivity index (χ2n) is 8.15. The van der Waals surface area contributed by atoms with Crippen LogP contribution in [0.1, 0.15) is 23.9 Å². The molecule has 0 bridgehead atoms. The molecule has 0 atom stereocenters. The molecule has 190 valence electrons. The van der Waals surface area contributed by atoms with Crippen LogP contribution in [0, 0.1) is 13.8 Å². The smallest absolute Gasteiger partial charge is 0.282 e. The van der Waals surface area contributed by atoms with Gasteiger partial charge in [0.05, 0.1) is 28.7 Å². The topological polar surface area (TPSA) is 94.8 Å². The van der Waals surface area contributed by atoms with Gasteiger partial charge in [-0.1, -0.05) is 45.2 Å². The number of benzene rings is 3. The normalized spacial score (nSPS) is 11.2. The van der Waals surface area contributed by atoms with Gasteiger partial charge in [-0.25, -0.2) is 4.98 Å². The molecule has 0 saturated heterocycles. The zero-order chi connectivity index (χ0) is 26.5. The van der Waals surface area contributed by atoms with E-state index in [0.717, 1.165) is 10.0 Å². The number of ether oxygens (including phenoxy) is 2. The number of nitrogens with one attached hydrogen (secondary N) is 1. The van der Waals surface area contributed by atoms with Crippen LogP contribution in [-0.2, 0) is 4.79 Å². The molecule has 0 aliphatic heterocycles. The molecule has 0 unspecified atom stereocenters. The minimum absolute atomic E-state index is 0.236. The predicted molar refractivity (Wildman–Crippen MR) is 149 cm³/mol. The SMILES string of the molecule is CCOc1cc(C=Nn2c(C)nc3ccc(Br)cc3c2=O)cc(Cl)c1OCC(=O)Nc1ccc(C)cc1. The molecule has 0 radical (unpaired) electrons. The van der Waals surface area contributed by atoms with Crippen molar-refractivity contribution in [2.45, 2.75) is 20.8 Å². The number of halogens is 2. The van der Waals surface area contributed by atoms with Crippen LogP contribution in [0.15, 0.2) is 69.0 Å². The molecule has 0 spiro atoms. The molecule has 37 heavy (non-hydrogen) atoms. The zero-order valence-electron chi connectivity index (χ0n) is 20.4. The van der Waals surface area contributed by atoms with E-state index >= 15 is 0 Å². The second-order valence-corrected chi connectivity index (χ2v) is 9.47. The van der Waals surface area contributed by atoms with E-state index in [1.807, 2.05) is 44.2 Å². The number of amides is 1. The van der Waals surface area contributed by atoms with Crippen molar-refractivity contribution in [2.24, 2.45) is 5.10 Å². The number of carbonyl (C=O) groups is 1. The molecule has 0 saturated carbocycles. The first-order chi connectivity index (χ1) is 17.7. The first-order valence-electron chi connectivity index (χ1n) is 11.4. The van der Waals surface area contributed by atoms with E-state index in [1.165, 1.54) is 10.9 Å². The van der Waals surface area contributed by atoms with Gasteiger partial charge < -0.3 is 14.8 Å². The van der Waals surface area contributed by atoms with Gasteiger partial charge in [0.25, 0.3) is 11.5 Å². The Labute approximate surface area is 227 Å². The summed E-state index contributed by atoms with van der Waals surface area (Å²) in [5.41, 5.74) is 2.63. The van der Waals surface area contributed by atoms with Crippen LogP contribution in [0.3, 0.4) is 0 Å². The van der Waals surface area contributed by atoms with Crippen LogP contribution >= 0.6 is 27.5 Å². The van der Waals surface area contributed by atoms with Gasteiger partial charge in [-0.3, -0.25) is 9.59 Å².